The molecular weight excluding hydrogens is 234 g/mol. The Kier molecular flexibility index (Phi) is 3.90. The average molecular weight is 247 g/mol. The zero-order valence-electron chi connectivity index (χ0n) is 10.6. The molecule has 0 bridgehead atoms. The van der Waals surface area contributed by atoms with Crippen molar-refractivity contribution in [1.29, 1.82) is 5.26 Å². The summed E-state index contributed by atoms with van der Waals surface area (Å²) < 4.78 is 0. The molecule has 0 aliphatic carbocycles. The minimum atomic E-state index is -0.0648. The zero-order chi connectivity index (χ0) is 13.7. The number of hydrogen-bond donors (Lipinski definition) is 0. The van der Waals surface area contributed by atoms with E-state index in [4.69, 9.17) is 5.26 Å². The number of hydrogen-bond acceptors (Lipinski definition) is 2. The van der Waals surface area contributed by atoms with Gasteiger partial charge in [-0.15, -0.1) is 0 Å². The van der Waals surface area contributed by atoms with Crippen LogP contribution in [-0.4, -0.2) is 5.78 Å². The zero-order valence-corrected chi connectivity index (χ0v) is 10.6. The number of carbonyl (C=O) groups is 1. The van der Waals surface area contributed by atoms with Crippen molar-refractivity contribution in [3.05, 3.63) is 76.9 Å². The van der Waals surface area contributed by atoms with Gasteiger partial charge in [0, 0.05) is 5.56 Å². The number of rotatable bonds is 3. The molecule has 0 heterocycles. The standard InChI is InChI=1S/C17H13NO/c1-13-2-4-14(5-3-13)8-11-17(19)16-9-6-15(12-18)7-10-16/h2-11H,1H3/b11-8+. The average Bonchev–Trinajstić information content (AvgIpc) is 2.46. The van der Waals surface area contributed by atoms with E-state index in [1.165, 1.54) is 5.56 Å². The van der Waals surface area contributed by atoms with Gasteiger partial charge in [-0.05, 0) is 42.8 Å². The summed E-state index contributed by atoms with van der Waals surface area (Å²) in [6, 6.07) is 16.6. The molecule has 2 aromatic rings. The Bertz CT molecular complexity index is 643. The normalized spacial score (nSPS) is 10.3. The van der Waals surface area contributed by atoms with Crippen LogP contribution in [0.4, 0.5) is 0 Å². The molecule has 2 aromatic carbocycles. The number of allylic oxidation sites excluding steroid dienone is 1. The second-order valence-electron chi connectivity index (χ2n) is 4.30. The molecule has 0 unspecified atom stereocenters. The van der Waals surface area contributed by atoms with Crippen LogP contribution in [0.25, 0.3) is 6.08 Å². The molecule has 0 radical (unpaired) electrons. The Balaban J connectivity index is 2.12. The molecule has 0 saturated carbocycles. The smallest absolute Gasteiger partial charge is 0.185 e. The van der Waals surface area contributed by atoms with Crippen LogP contribution in [0.15, 0.2) is 54.6 Å². The number of carbonyl (C=O) groups excluding carboxylic acids is 1. The van der Waals surface area contributed by atoms with E-state index in [0.29, 0.717) is 11.1 Å². The van der Waals surface area contributed by atoms with Crippen molar-refractivity contribution in [3.63, 3.8) is 0 Å². The van der Waals surface area contributed by atoms with Gasteiger partial charge in [0.15, 0.2) is 5.78 Å². The van der Waals surface area contributed by atoms with Crippen molar-refractivity contribution < 1.29 is 4.79 Å². The first-order chi connectivity index (χ1) is 9.19. The molecule has 0 aliphatic rings. The monoisotopic (exact) mass is 247 g/mol. The lowest BCUT2D eigenvalue weighted by atomic mass is 10.1. The molecule has 19 heavy (non-hydrogen) atoms. The van der Waals surface area contributed by atoms with Crippen LogP contribution >= 0.6 is 0 Å². The summed E-state index contributed by atoms with van der Waals surface area (Å²) in [6.07, 6.45) is 3.34. The Morgan fingerprint density at radius 2 is 1.68 bits per heavy atom. The molecule has 0 amide bonds. The first kappa shape index (κ1) is 12.8. The van der Waals surface area contributed by atoms with Crippen molar-refractivity contribution in [1.82, 2.24) is 0 Å². The third kappa shape index (κ3) is 3.40. The molecule has 2 nitrogen and oxygen atoms in total. The summed E-state index contributed by atoms with van der Waals surface area (Å²) in [5.41, 5.74) is 3.32. The highest BCUT2D eigenvalue weighted by Crippen LogP contribution is 2.08. The highest BCUT2D eigenvalue weighted by molar-refractivity contribution is 6.06. The maximum atomic E-state index is 11.9. The third-order valence-corrected chi connectivity index (χ3v) is 2.80. The SMILES string of the molecule is Cc1ccc(/C=C/C(=O)c2ccc(C#N)cc2)cc1. The second-order valence-corrected chi connectivity index (χ2v) is 4.30. The topological polar surface area (TPSA) is 40.9 Å². The molecule has 0 aliphatic heterocycles. The van der Waals surface area contributed by atoms with Gasteiger partial charge < -0.3 is 0 Å². The molecule has 2 rings (SSSR count). The Labute approximate surface area is 112 Å². The van der Waals surface area contributed by atoms with E-state index in [2.05, 4.69) is 0 Å². The van der Waals surface area contributed by atoms with Crippen molar-refractivity contribution in [2.75, 3.05) is 0 Å². The van der Waals surface area contributed by atoms with E-state index < -0.39 is 0 Å². The van der Waals surface area contributed by atoms with Crippen LogP contribution in [0.5, 0.6) is 0 Å². The molecule has 92 valence electrons. The molecule has 0 spiro atoms. The maximum absolute atomic E-state index is 11.9. The van der Waals surface area contributed by atoms with Crippen LogP contribution in [-0.2, 0) is 0 Å². The lowest BCUT2D eigenvalue weighted by Gasteiger charge is -1.97. The van der Waals surface area contributed by atoms with Crippen LogP contribution in [0.2, 0.25) is 0 Å². The quantitative estimate of drug-likeness (QED) is 0.612. The van der Waals surface area contributed by atoms with Gasteiger partial charge in [-0.1, -0.05) is 35.9 Å². The van der Waals surface area contributed by atoms with Gasteiger partial charge in [-0.25, -0.2) is 0 Å². The Morgan fingerprint density at radius 3 is 2.26 bits per heavy atom. The molecular formula is C17H13NO. The van der Waals surface area contributed by atoms with Crippen molar-refractivity contribution in [2.45, 2.75) is 6.92 Å². The van der Waals surface area contributed by atoms with Crippen LogP contribution < -0.4 is 0 Å². The first-order valence-corrected chi connectivity index (χ1v) is 5.98. The largest absolute Gasteiger partial charge is 0.289 e. The van der Waals surface area contributed by atoms with Gasteiger partial charge in [-0.2, -0.15) is 5.26 Å². The summed E-state index contributed by atoms with van der Waals surface area (Å²) in [5.74, 6) is -0.0648. The van der Waals surface area contributed by atoms with E-state index in [1.54, 1.807) is 36.4 Å². The predicted octanol–water partition coefficient (Wildman–Crippen LogP) is 3.76. The fraction of sp³-hybridized carbons (Fsp3) is 0.0588. The van der Waals surface area contributed by atoms with Crippen LogP contribution in [0.3, 0.4) is 0 Å². The van der Waals surface area contributed by atoms with Gasteiger partial charge in [-0.3, -0.25) is 4.79 Å². The fourth-order valence-corrected chi connectivity index (χ4v) is 1.65. The van der Waals surface area contributed by atoms with Gasteiger partial charge in [0.05, 0.1) is 11.6 Å². The van der Waals surface area contributed by atoms with E-state index in [9.17, 15) is 4.79 Å². The summed E-state index contributed by atoms with van der Waals surface area (Å²) in [6.45, 7) is 2.02. The van der Waals surface area contributed by atoms with E-state index in [0.717, 1.165) is 5.56 Å². The molecule has 0 saturated heterocycles. The lowest BCUT2D eigenvalue weighted by molar-refractivity contribution is 0.104. The molecule has 0 atom stereocenters. The number of benzene rings is 2. The summed E-state index contributed by atoms with van der Waals surface area (Å²) in [4.78, 5) is 11.9. The minimum Gasteiger partial charge on any atom is -0.289 e. The predicted molar refractivity (Wildman–Crippen MR) is 75.7 cm³/mol. The van der Waals surface area contributed by atoms with Gasteiger partial charge in [0.25, 0.3) is 0 Å². The highest BCUT2D eigenvalue weighted by atomic mass is 16.1. The summed E-state index contributed by atoms with van der Waals surface area (Å²) in [7, 11) is 0. The Hall–Kier alpha value is -2.66. The van der Waals surface area contributed by atoms with Crippen LogP contribution in [0.1, 0.15) is 27.0 Å². The van der Waals surface area contributed by atoms with E-state index in [1.807, 2.05) is 37.3 Å². The summed E-state index contributed by atoms with van der Waals surface area (Å²) >= 11 is 0. The highest BCUT2D eigenvalue weighted by Gasteiger charge is 2.01. The molecule has 2 heteroatoms. The molecule has 0 N–H and O–H groups in total. The van der Waals surface area contributed by atoms with Crippen molar-refractivity contribution in [2.24, 2.45) is 0 Å². The first-order valence-electron chi connectivity index (χ1n) is 5.98. The fourth-order valence-electron chi connectivity index (χ4n) is 1.65. The van der Waals surface area contributed by atoms with Crippen LogP contribution in [0, 0.1) is 18.3 Å². The van der Waals surface area contributed by atoms with Gasteiger partial charge >= 0.3 is 0 Å². The number of nitrogens with zero attached hydrogens (tertiary/aromatic N) is 1. The third-order valence-electron chi connectivity index (χ3n) is 2.80. The maximum Gasteiger partial charge on any atom is 0.185 e. The van der Waals surface area contributed by atoms with Crippen molar-refractivity contribution in [3.8, 4) is 6.07 Å². The van der Waals surface area contributed by atoms with Gasteiger partial charge in [0.2, 0.25) is 0 Å². The molecule has 0 fully saturated rings. The summed E-state index contributed by atoms with van der Waals surface area (Å²) in [5, 5.41) is 8.69. The molecule has 0 aromatic heterocycles. The second kappa shape index (κ2) is 5.79. The minimum absolute atomic E-state index is 0.0648. The Morgan fingerprint density at radius 1 is 1.05 bits per heavy atom. The number of nitriles is 1. The van der Waals surface area contributed by atoms with Crippen molar-refractivity contribution >= 4 is 11.9 Å². The number of aryl methyl sites for hydroxylation is 1. The van der Waals surface area contributed by atoms with E-state index in [-0.39, 0.29) is 5.78 Å². The van der Waals surface area contributed by atoms with E-state index >= 15 is 0 Å². The van der Waals surface area contributed by atoms with Gasteiger partial charge in [0.1, 0.15) is 0 Å². The lowest BCUT2D eigenvalue weighted by Crippen LogP contribution is -1.93. The number of ketones is 1.